The number of amides is 11. The molecule has 6 aromatic rings. The molecule has 0 spiro atoms. The number of piperidine rings is 1. The lowest BCUT2D eigenvalue weighted by molar-refractivity contribution is -0.139. The predicted molar refractivity (Wildman–Crippen MR) is 482 cm³/mol. The second-order valence-corrected chi connectivity index (χ2v) is 34.6. The predicted octanol–water partition coefficient (Wildman–Crippen LogP) is 7.43. The Morgan fingerprint density at radius 2 is 0.924 bits per heavy atom. The summed E-state index contributed by atoms with van der Waals surface area (Å²) in [6.45, 7) is 9.22. The van der Waals surface area contributed by atoms with Crippen LogP contribution in [-0.2, 0) is 91.3 Å². The van der Waals surface area contributed by atoms with Gasteiger partial charge in [-0.15, -0.1) is 0 Å². The van der Waals surface area contributed by atoms with Crippen molar-refractivity contribution < 1.29 is 107 Å². The van der Waals surface area contributed by atoms with Gasteiger partial charge in [-0.25, -0.2) is 15.0 Å². The Hall–Kier alpha value is -12.8. The summed E-state index contributed by atoms with van der Waals surface area (Å²) in [5.74, 6) is -15.7. The maximum Gasteiger partial charge on any atom is 0.303 e. The van der Waals surface area contributed by atoms with Gasteiger partial charge in [0.15, 0.2) is 5.78 Å². The van der Waals surface area contributed by atoms with Crippen LogP contribution in [-0.4, -0.2) is 222 Å². The van der Waals surface area contributed by atoms with Crippen LogP contribution in [0.2, 0.25) is 0 Å². The quantitative estimate of drug-likeness (QED) is 0.0100. The molecule has 2 aliphatic rings. The number of carboxylic acids is 4. The molecular formula is C92H121BrN16O22. The van der Waals surface area contributed by atoms with Gasteiger partial charge in [-0.3, -0.25) is 81.4 Å². The van der Waals surface area contributed by atoms with E-state index in [0.29, 0.717) is 55.6 Å². The Labute approximate surface area is 766 Å². The number of hydrogen-bond donors (Lipinski definition) is 16. The van der Waals surface area contributed by atoms with Crippen molar-refractivity contribution in [1.29, 1.82) is 0 Å². The van der Waals surface area contributed by atoms with Gasteiger partial charge in [0.05, 0.1) is 5.52 Å². The lowest BCUT2D eigenvalue weighted by Gasteiger charge is -2.28. The number of pyridine rings is 1. The molecule has 0 radical (unpaired) electrons. The van der Waals surface area contributed by atoms with Crippen LogP contribution in [0.1, 0.15) is 233 Å². The monoisotopic (exact) mass is 1880 g/mol. The number of nitrogens with zero attached hydrogens (tertiary/aromatic N) is 6. The molecule has 16 N–H and O–H groups in total. The van der Waals surface area contributed by atoms with E-state index in [1.54, 1.807) is 51.4 Å². The van der Waals surface area contributed by atoms with Gasteiger partial charge in [-0.2, -0.15) is 5.10 Å². The fourth-order valence-corrected chi connectivity index (χ4v) is 16.4. The van der Waals surface area contributed by atoms with E-state index in [-0.39, 0.29) is 92.5 Å². The van der Waals surface area contributed by atoms with Crippen molar-refractivity contribution in [3.63, 3.8) is 0 Å². The van der Waals surface area contributed by atoms with E-state index >= 15 is 19.2 Å². The highest BCUT2D eigenvalue weighted by Crippen LogP contribution is 2.59. The zero-order chi connectivity index (χ0) is 95.6. The maximum absolute atomic E-state index is 15.2. The molecule has 1 aliphatic heterocycles. The van der Waals surface area contributed by atoms with Crippen LogP contribution in [0.5, 0.6) is 11.5 Å². The number of ketones is 1. The molecule has 8 rings (SSSR count). The highest BCUT2D eigenvalue weighted by molar-refractivity contribution is 9.10. The fourth-order valence-electron chi connectivity index (χ4n) is 16.0. The van der Waals surface area contributed by atoms with Gasteiger partial charge in [0.1, 0.15) is 88.3 Å². The number of carbonyl (C=O) groups is 16. The third-order valence-electron chi connectivity index (χ3n) is 23.3. The number of phenols is 2. The van der Waals surface area contributed by atoms with Crippen LogP contribution in [0.4, 0.5) is 5.82 Å². The second-order valence-electron chi connectivity index (χ2n) is 33.8. The zero-order valence-corrected chi connectivity index (χ0v) is 76.3. The highest BCUT2D eigenvalue weighted by Gasteiger charge is 2.67. The van der Waals surface area contributed by atoms with E-state index in [0.717, 1.165) is 39.0 Å². The number of Topliss-reactive ketones (excluding diaryl/α,β-unsaturated/α-hetero) is 1. The molecule has 708 valence electrons. The Kier molecular flexibility index (Phi) is 40.3. The molecule has 0 unspecified atom stereocenters. The summed E-state index contributed by atoms with van der Waals surface area (Å²) in [4.78, 5) is 235. The number of halogens is 1. The zero-order valence-electron chi connectivity index (χ0n) is 74.7. The van der Waals surface area contributed by atoms with Crippen molar-refractivity contribution in [2.24, 2.45) is 5.41 Å². The molecular weight excluding hydrogens is 1760 g/mol. The summed E-state index contributed by atoms with van der Waals surface area (Å²) < 4.78 is 1.80. The van der Waals surface area contributed by atoms with Gasteiger partial charge in [0.25, 0.3) is 0 Å². The number of likely N-dealkylation sites (tertiary alicyclic amines) is 1. The van der Waals surface area contributed by atoms with Crippen LogP contribution in [0, 0.1) is 26.2 Å². The molecule has 1 saturated heterocycles. The molecule has 1 aliphatic carbocycles. The number of carbonyl (C=O) groups excluding carboxylic acids is 12. The number of aromatic nitrogens is 5. The standard InChI is InChI=1S/C92H121BrN16O22/c1-7-8-9-10-11-12-13-14-15-16-17-18-19-23-75(114)94-42-21-20-22-65(99-87(127)68(35-40-79(120)121)102-90(130)71(45-59-27-31-63(113)32-28-59)103-86(126)67(98-57(6)111)34-39-78(118)119)85(125)101-69(36-41-80(122)123)88(128)104-70(44-58-25-29-62(112)30-26-58)89(129)100-66(33-38-77(116)117)84(124)97-52-92-47-72(91(131)106-83-53(2)24-37-74(93)105-83)109(73(92)48-92)76(115)51-108-82-54(3)43-60(61-49-95-56(5)96-50-61)46-64(82)81(107-108)55(4)110/h24-32,37,43,46,49-50,65-73,112-113H,7-23,33-36,38-42,44-45,47-48,51-52H2,1-6H3,(H,94,114)(H,97,124)(H,98,111)(H,99,127)(H,100,129)(H,101,125)(H,102,130)(H,103,126)(H,104,128)(H,116,117)(H,118,119)(H,120,121)(H,122,123)(H,105,106,131)/t65-,66-,67-,68-,69-,70-,71-,72-,73+,92-/m0/s1. The third kappa shape index (κ3) is 32.9. The number of carboxylic acid groups (broad SMARTS) is 4. The highest BCUT2D eigenvalue weighted by atomic mass is 79.9. The topological polar surface area (TPSA) is 575 Å². The summed E-state index contributed by atoms with van der Waals surface area (Å²) in [7, 11) is 0. The number of benzene rings is 3. The smallest absolute Gasteiger partial charge is 0.303 e. The normalized spacial score (nSPS) is 15.9. The Bertz CT molecular complexity index is 5050. The molecule has 10 atom stereocenters. The van der Waals surface area contributed by atoms with E-state index in [1.807, 2.05) is 6.07 Å². The van der Waals surface area contributed by atoms with Crippen LogP contribution in [0.15, 0.2) is 89.8 Å². The molecule has 4 heterocycles. The first-order chi connectivity index (χ1) is 62.4. The average molecular weight is 1880 g/mol. The van der Waals surface area contributed by atoms with Gasteiger partial charge < -0.3 is 88.7 Å². The molecule has 11 amide bonds. The first-order valence-corrected chi connectivity index (χ1v) is 45.3. The molecule has 1 saturated carbocycles. The lowest BCUT2D eigenvalue weighted by atomic mass is 9.98. The molecule has 0 bridgehead atoms. The van der Waals surface area contributed by atoms with Gasteiger partial charge >= 0.3 is 23.9 Å². The van der Waals surface area contributed by atoms with Crippen LogP contribution < -0.4 is 53.2 Å². The third-order valence-corrected chi connectivity index (χ3v) is 23.7. The molecule has 131 heavy (non-hydrogen) atoms. The minimum atomic E-state index is -1.91. The Balaban J connectivity index is 1.03. The number of aliphatic carboxylic acids is 4. The summed E-state index contributed by atoms with van der Waals surface area (Å²) in [6.07, 6.45) is 11.8. The lowest BCUT2D eigenvalue weighted by Crippen LogP contribution is -2.60. The van der Waals surface area contributed by atoms with E-state index in [4.69, 9.17) is 0 Å². The minimum absolute atomic E-state index is 0.0324. The summed E-state index contributed by atoms with van der Waals surface area (Å²) >= 11 is 3.35. The van der Waals surface area contributed by atoms with Crippen molar-refractivity contribution in [2.75, 3.05) is 18.4 Å². The van der Waals surface area contributed by atoms with Crippen LogP contribution in [0.25, 0.3) is 22.0 Å². The minimum Gasteiger partial charge on any atom is -0.508 e. The fraction of sp³-hybridized carbons (Fsp3) is 0.522. The summed E-state index contributed by atoms with van der Waals surface area (Å²) in [6, 6.07) is 3.48. The number of nitrogens with one attached hydrogen (secondary N) is 10. The number of anilines is 1. The largest absolute Gasteiger partial charge is 0.508 e. The Morgan fingerprint density at radius 3 is 1.39 bits per heavy atom. The maximum atomic E-state index is 15.2. The van der Waals surface area contributed by atoms with Gasteiger partial charge in [-0.05, 0) is 171 Å². The van der Waals surface area contributed by atoms with Crippen molar-refractivity contribution in [1.82, 2.24) is 77.5 Å². The van der Waals surface area contributed by atoms with Crippen LogP contribution in [0.3, 0.4) is 0 Å². The van der Waals surface area contributed by atoms with Crippen molar-refractivity contribution in [2.45, 2.75) is 289 Å². The molecule has 2 fully saturated rings. The SMILES string of the molecule is CCCCCCCCCCCCCCCC(=O)NCCCC[C@H](NC(=O)[C@H](CCC(=O)O)NC(=O)[C@H](Cc1ccc(O)cc1)NC(=O)[C@H](CCC(=O)O)NC(C)=O)C(=O)N[C@@H](CCC(=O)O)C(=O)N[C@@H](Cc1ccc(O)cc1)C(=O)N[C@@H](CCC(=O)O)C(=O)NC[C@@]12C[C@@H](C(=O)Nc3nc(Br)ccc3C)N(C(=O)Cn3nc(C(C)=O)c4cc(-c5cnc(C)nc5)cc(C)c43)[C@@H]1C2. The molecule has 38 nitrogen and oxygen atoms in total. The Morgan fingerprint density at radius 1 is 0.481 bits per heavy atom. The first kappa shape index (κ1) is 104. The van der Waals surface area contributed by atoms with Crippen molar-refractivity contribution in [3.05, 3.63) is 124 Å². The number of unbranched alkanes of at least 4 members (excludes halogenated alkanes) is 13. The summed E-state index contributed by atoms with van der Waals surface area (Å²) in [5.41, 5.74) is 2.67. The average Bonchev–Trinajstić information content (AvgIpc) is 1.53. The number of rotatable bonds is 57. The van der Waals surface area contributed by atoms with Crippen molar-refractivity contribution in [3.8, 4) is 22.6 Å². The van der Waals surface area contributed by atoms with E-state index < -0.39 is 213 Å². The number of aryl methyl sites for hydroxylation is 3. The summed E-state index contributed by atoms with van der Waals surface area (Å²) in [5, 5.41) is 91.0. The van der Waals surface area contributed by atoms with Gasteiger partial charge in [0, 0.05) is 107 Å². The van der Waals surface area contributed by atoms with Gasteiger partial charge in [0.2, 0.25) is 65.0 Å². The molecule has 3 aromatic carbocycles. The van der Waals surface area contributed by atoms with Crippen LogP contribution >= 0.6 is 15.9 Å². The van der Waals surface area contributed by atoms with E-state index in [2.05, 4.69) is 96.1 Å². The second kappa shape index (κ2) is 50.9. The number of aromatic hydroxyl groups is 2. The number of fused-ring (bicyclic) bond motifs is 2. The molecule has 39 heteroatoms. The first-order valence-electron chi connectivity index (χ1n) is 44.5. The number of hydrogen-bond acceptors (Lipinski definition) is 22. The molecule has 3 aromatic heterocycles. The van der Waals surface area contributed by atoms with Crippen molar-refractivity contribution >= 4 is 127 Å². The van der Waals surface area contributed by atoms with Gasteiger partial charge in [-0.1, -0.05) is 114 Å². The number of phenolic OH excluding ortho intramolecular Hbond substituents is 2. The van der Waals surface area contributed by atoms with E-state index in [9.17, 15) is 88.2 Å². The van der Waals surface area contributed by atoms with E-state index in [1.165, 1.54) is 110 Å².